The van der Waals surface area contributed by atoms with E-state index >= 15 is 0 Å². The first-order chi connectivity index (χ1) is 18.9. The van der Waals surface area contributed by atoms with Crippen LogP contribution < -0.4 is 16.1 Å². The summed E-state index contributed by atoms with van der Waals surface area (Å²) in [7, 11) is 3.33. The number of pyridine rings is 1. The van der Waals surface area contributed by atoms with Crippen molar-refractivity contribution in [1.82, 2.24) is 30.0 Å². The molecule has 1 aliphatic rings. The van der Waals surface area contributed by atoms with Crippen LogP contribution in [0.25, 0.3) is 39.9 Å². The van der Waals surface area contributed by atoms with E-state index in [9.17, 15) is 9.59 Å². The van der Waals surface area contributed by atoms with E-state index in [0.717, 1.165) is 64.4 Å². The van der Waals surface area contributed by atoms with Gasteiger partial charge in [0.2, 0.25) is 5.91 Å². The zero-order valence-corrected chi connectivity index (χ0v) is 22.6. The molecule has 0 aliphatic heterocycles. The Morgan fingerprint density at radius 1 is 1.13 bits per heavy atom. The van der Waals surface area contributed by atoms with Crippen molar-refractivity contribution in [3.05, 3.63) is 80.9 Å². The first-order valence-corrected chi connectivity index (χ1v) is 13.2. The Morgan fingerprint density at radius 2 is 2.00 bits per heavy atom. The van der Waals surface area contributed by atoms with Crippen molar-refractivity contribution in [2.45, 2.75) is 19.9 Å². The normalized spacial score (nSPS) is 13.0. The second-order valence-corrected chi connectivity index (χ2v) is 9.86. The Hall–Kier alpha value is -4.21. The average molecular weight is 527 g/mol. The van der Waals surface area contributed by atoms with Crippen molar-refractivity contribution in [2.75, 3.05) is 40.4 Å². The topological polar surface area (TPSA) is 110 Å². The number of carbonyl (C=O) groups is 1. The third-order valence-electron chi connectivity index (χ3n) is 7.24. The number of allylic oxidation sites excluding steroid dienone is 2. The number of benzene rings is 1. The number of methoxy groups -OCH3 is 1. The summed E-state index contributed by atoms with van der Waals surface area (Å²) in [4.78, 5) is 35.6. The Morgan fingerprint density at radius 3 is 2.77 bits per heavy atom. The Labute approximate surface area is 226 Å². The maximum Gasteiger partial charge on any atom is 0.257 e. The molecule has 4 aromatic rings. The summed E-state index contributed by atoms with van der Waals surface area (Å²) in [6.45, 7) is 5.28. The smallest absolute Gasteiger partial charge is 0.257 e. The first-order valence-electron chi connectivity index (χ1n) is 13.2. The minimum Gasteiger partial charge on any atom is -0.375 e. The summed E-state index contributed by atoms with van der Waals surface area (Å²) in [5, 5.41) is 9.75. The second-order valence-electron chi connectivity index (χ2n) is 9.86. The molecule has 39 heavy (non-hydrogen) atoms. The number of amides is 1. The molecule has 3 heterocycles. The molecule has 1 aromatic carbocycles. The first kappa shape index (κ1) is 26.4. The zero-order chi connectivity index (χ0) is 27.4. The standard InChI is InChI=1S/C30H34N6O3/c1-4-36(12-11-35(2)29(37)19-39-3)18-20-5-9-27-23(13-20)15-28(33-27)25-14-22-7-6-21(24-16-31-32-17-24)8-10-26(22)34-30(25)38/h5,7-10,13-17,33H,4,6,11-12,18-19H2,1-3H3,(H,31,32)(H,34,38). The number of rotatable bonds is 10. The highest BCUT2D eigenvalue weighted by Gasteiger charge is 2.13. The number of fused-ring (bicyclic) bond motifs is 2. The van der Waals surface area contributed by atoms with Crippen molar-refractivity contribution >= 4 is 34.5 Å². The predicted molar refractivity (Wildman–Crippen MR) is 154 cm³/mol. The van der Waals surface area contributed by atoms with Crippen molar-refractivity contribution in [2.24, 2.45) is 0 Å². The Kier molecular flexibility index (Phi) is 7.90. The van der Waals surface area contributed by atoms with Gasteiger partial charge in [0.05, 0.1) is 17.5 Å². The molecule has 1 aliphatic carbocycles. The van der Waals surface area contributed by atoms with Crippen LogP contribution in [0.1, 0.15) is 24.5 Å². The number of nitrogens with zero attached hydrogens (tertiary/aromatic N) is 3. The van der Waals surface area contributed by atoms with Gasteiger partial charge in [-0.3, -0.25) is 19.6 Å². The van der Waals surface area contributed by atoms with E-state index in [1.807, 2.05) is 30.5 Å². The van der Waals surface area contributed by atoms with Crippen molar-refractivity contribution in [3.8, 4) is 11.3 Å². The highest BCUT2D eigenvalue weighted by Crippen LogP contribution is 2.23. The summed E-state index contributed by atoms with van der Waals surface area (Å²) in [6, 6.07) is 10.3. The lowest BCUT2D eigenvalue weighted by Gasteiger charge is -2.24. The van der Waals surface area contributed by atoms with Crippen LogP contribution in [0.4, 0.5) is 0 Å². The fourth-order valence-corrected chi connectivity index (χ4v) is 4.86. The van der Waals surface area contributed by atoms with E-state index in [2.05, 4.69) is 56.3 Å². The largest absolute Gasteiger partial charge is 0.375 e. The number of carbonyl (C=O) groups excluding carboxylic acids is 1. The fourth-order valence-electron chi connectivity index (χ4n) is 4.86. The molecular weight excluding hydrogens is 492 g/mol. The Balaban J connectivity index is 1.35. The van der Waals surface area contributed by atoms with E-state index in [4.69, 9.17) is 4.74 Å². The van der Waals surface area contributed by atoms with Crippen LogP contribution in [0.5, 0.6) is 0 Å². The third kappa shape index (κ3) is 5.94. The highest BCUT2D eigenvalue weighted by molar-refractivity contribution is 5.86. The average Bonchev–Trinajstić information content (AvgIpc) is 3.57. The number of H-pyrrole nitrogens is 3. The molecule has 202 valence electrons. The van der Waals surface area contributed by atoms with E-state index < -0.39 is 0 Å². The van der Waals surface area contributed by atoms with Gasteiger partial charge >= 0.3 is 0 Å². The highest BCUT2D eigenvalue weighted by atomic mass is 16.5. The van der Waals surface area contributed by atoms with Gasteiger partial charge in [-0.25, -0.2) is 0 Å². The second kappa shape index (κ2) is 11.7. The number of hydrogen-bond donors (Lipinski definition) is 3. The van der Waals surface area contributed by atoms with Gasteiger partial charge in [0.25, 0.3) is 5.56 Å². The van der Waals surface area contributed by atoms with Gasteiger partial charge in [-0.2, -0.15) is 5.10 Å². The van der Waals surface area contributed by atoms with Crippen molar-refractivity contribution in [3.63, 3.8) is 0 Å². The minimum absolute atomic E-state index is 0.0206. The van der Waals surface area contributed by atoms with E-state index in [1.54, 1.807) is 18.1 Å². The van der Waals surface area contributed by atoms with Crippen LogP contribution in [-0.4, -0.2) is 76.3 Å². The molecule has 0 fully saturated rings. The maximum absolute atomic E-state index is 13.1. The predicted octanol–water partition coefficient (Wildman–Crippen LogP) is 2.22. The van der Waals surface area contributed by atoms with Crippen LogP contribution >= 0.6 is 0 Å². The van der Waals surface area contributed by atoms with Crippen molar-refractivity contribution in [1.29, 1.82) is 0 Å². The fraction of sp³-hybridized carbons (Fsp3) is 0.300. The van der Waals surface area contributed by atoms with Gasteiger partial charge in [-0.15, -0.1) is 0 Å². The van der Waals surface area contributed by atoms with E-state index in [-0.39, 0.29) is 18.1 Å². The monoisotopic (exact) mass is 526 g/mol. The molecule has 0 unspecified atom stereocenters. The molecule has 3 N–H and O–H groups in total. The van der Waals surface area contributed by atoms with Crippen LogP contribution in [0.3, 0.4) is 0 Å². The van der Waals surface area contributed by atoms with Crippen LogP contribution in [-0.2, 0) is 16.1 Å². The number of hydrogen-bond acceptors (Lipinski definition) is 5. The molecule has 0 saturated carbocycles. The van der Waals surface area contributed by atoms with Gasteiger partial charge in [-0.05, 0) is 59.7 Å². The number of nitrogens with one attached hydrogen (secondary N) is 3. The molecule has 0 bridgehead atoms. The number of likely N-dealkylation sites (N-methyl/N-ethyl adjacent to an activating group) is 2. The molecule has 0 saturated heterocycles. The summed E-state index contributed by atoms with van der Waals surface area (Å²) >= 11 is 0. The van der Waals surface area contributed by atoms with Crippen molar-refractivity contribution < 1.29 is 9.53 Å². The summed E-state index contributed by atoms with van der Waals surface area (Å²) in [6.07, 6.45) is 10.5. The summed E-state index contributed by atoms with van der Waals surface area (Å²) < 4.78 is 4.95. The number of ether oxygens (including phenoxy) is 1. The van der Waals surface area contributed by atoms with E-state index in [0.29, 0.717) is 12.1 Å². The van der Waals surface area contributed by atoms with Crippen LogP contribution in [0.15, 0.2) is 53.6 Å². The van der Waals surface area contributed by atoms with Gasteiger partial charge in [-0.1, -0.05) is 25.1 Å². The molecule has 3 aromatic heterocycles. The van der Waals surface area contributed by atoms with Crippen LogP contribution in [0, 0.1) is 0 Å². The maximum atomic E-state index is 13.1. The molecule has 9 nitrogen and oxygen atoms in total. The lowest BCUT2D eigenvalue weighted by molar-refractivity contribution is -0.134. The third-order valence-corrected chi connectivity index (χ3v) is 7.24. The molecular formula is C30H34N6O3. The van der Waals surface area contributed by atoms with Gasteiger partial charge in [0.15, 0.2) is 0 Å². The Bertz CT molecular complexity index is 1680. The number of aromatic nitrogens is 4. The number of aromatic amines is 3. The molecule has 0 radical (unpaired) electrons. The minimum atomic E-state index is -0.130. The van der Waals surface area contributed by atoms with E-state index in [1.165, 1.54) is 12.7 Å². The molecule has 0 atom stereocenters. The van der Waals surface area contributed by atoms with Gasteiger partial charge in [0.1, 0.15) is 6.61 Å². The molecule has 5 rings (SSSR count). The quantitative estimate of drug-likeness (QED) is 0.294. The summed E-state index contributed by atoms with van der Waals surface area (Å²) in [5.74, 6) is -0.0206. The molecule has 1 amide bonds. The lowest BCUT2D eigenvalue weighted by atomic mass is 10.1. The molecule has 9 heteroatoms. The van der Waals surface area contributed by atoms with Gasteiger partial charge in [0, 0.05) is 61.8 Å². The van der Waals surface area contributed by atoms with Crippen LogP contribution in [0.2, 0.25) is 0 Å². The lowest BCUT2D eigenvalue weighted by Crippen LogP contribution is -2.37. The zero-order valence-electron chi connectivity index (χ0n) is 22.6. The summed E-state index contributed by atoms with van der Waals surface area (Å²) in [5.41, 5.74) is 5.61. The van der Waals surface area contributed by atoms with Gasteiger partial charge < -0.3 is 19.6 Å². The molecule has 0 spiro atoms. The SMILES string of the molecule is CCN(CCN(C)C(=O)COC)Cc1ccc2[nH]c(-c3cc4c([nH]c3=O)=CC=C(c3cn[nH]c3)CC=4)cc2c1.